The Bertz CT molecular complexity index is 1240. The molecule has 1 fully saturated rings. The number of hydrogen-bond donors (Lipinski definition) is 4. The van der Waals surface area contributed by atoms with Gasteiger partial charge in [0.2, 0.25) is 5.91 Å². The Balaban J connectivity index is 1.55. The van der Waals surface area contributed by atoms with E-state index < -0.39 is 5.91 Å². The van der Waals surface area contributed by atoms with Crippen molar-refractivity contribution < 1.29 is 14.3 Å². The van der Waals surface area contributed by atoms with Gasteiger partial charge in [-0.1, -0.05) is 6.07 Å². The lowest BCUT2D eigenvalue weighted by Crippen LogP contribution is -2.31. The van der Waals surface area contributed by atoms with Crippen molar-refractivity contribution in [2.75, 3.05) is 57.5 Å². The Morgan fingerprint density at radius 1 is 1.16 bits per heavy atom. The average molecular weight is 509 g/mol. The number of aryl methyl sites for hydroxylation is 1. The molecule has 2 amide bonds. The minimum Gasteiger partial charge on any atom is -0.494 e. The third-order valence-corrected chi connectivity index (χ3v) is 5.92. The molecule has 0 aliphatic carbocycles. The van der Waals surface area contributed by atoms with Crippen LogP contribution in [0.15, 0.2) is 30.6 Å². The number of ether oxygens (including phenoxy) is 1. The molecule has 0 bridgehead atoms. The standard InChI is InChI=1S/C24H32N10O3/c1-25-24(36)21-18(28-17-7-4-6-16(22(17)37-3)23-27-15-33(2)32-23)14-19(30-31-21)29-20(35)8-12-34-11-5-9-26-10-13-34/h4,6-7,14-15,26H,5,8-13H2,1-3H3,(H,25,36)(H2,28,29,30,35). The molecule has 0 unspecified atom stereocenters. The highest BCUT2D eigenvalue weighted by atomic mass is 16.5. The summed E-state index contributed by atoms with van der Waals surface area (Å²) >= 11 is 0. The minimum absolute atomic E-state index is 0.0704. The molecule has 3 aromatic rings. The largest absolute Gasteiger partial charge is 0.494 e. The highest BCUT2D eigenvalue weighted by molar-refractivity contribution is 5.99. The zero-order valence-electron chi connectivity index (χ0n) is 21.2. The van der Waals surface area contributed by atoms with Crippen LogP contribution in [0, 0.1) is 0 Å². The van der Waals surface area contributed by atoms with E-state index in [-0.39, 0.29) is 17.4 Å². The molecule has 0 saturated carbocycles. The maximum Gasteiger partial charge on any atom is 0.273 e. The summed E-state index contributed by atoms with van der Waals surface area (Å²) in [4.78, 5) is 31.7. The van der Waals surface area contributed by atoms with Crippen molar-refractivity contribution in [3.63, 3.8) is 0 Å². The molecule has 196 valence electrons. The molecule has 13 nitrogen and oxygen atoms in total. The number of benzene rings is 1. The van der Waals surface area contributed by atoms with Crippen molar-refractivity contribution in [3.05, 3.63) is 36.3 Å². The van der Waals surface area contributed by atoms with Gasteiger partial charge in [-0.3, -0.25) is 14.3 Å². The van der Waals surface area contributed by atoms with E-state index in [0.717, 1.165) is 32.6 Å². The quantitative estimate of drug-likeness (QED) is 0.330. The summed E-state index contributed by atoms with van der Waals surface area (Å²) in [6.07, 6.45) is 2.99. The van der Waals surface area contributed by atoms with Gasteiger partial charge in [-0.25, -0.2) is 4.98 Å². The van der Waals surface area contributed by atoms with Crippen molar-refractivity contribution in [3.8, 4) is 17.1 Å². The fourth-order valence-electron chi connectivity index (χ4n) is 4.06. The number of nitrogens with zero attached hydrogens (tertiary/aromatic N) is 6. The molecule has 3 heterocycles. The second kappa shape index (κ2) is 12.2. The molecule has 4 N–H and O–H groups in total. The molecular formula is C24H32N10O3. The lowest BCUT2D eigenvalue weighted by molar-refractivity contribution is -0.116. The number of aromatic nitrogens is 5. The fourth-order valence-corrected chi connectivity index (χ4v) is 4.06. The molecule has 13 heteroatoms. The first-order chi connectivity index (χ1) is 18.0. The Hall–Kier alpha value is -4.10. The van der Waals surface area contributed by atoms with E-state index in [0.29, 0.717) is 41.5 Å². The Labute approximate surface area is 215 Å². The summed E-state index contributed by atoms with van der Waals surface area (Å²) in [7, 11) is 4.84. The molecule has 1 aliphatic heterocycles. The zero-order chi connectivity index (χ0) is 26.2. The minimum atomic E-state index is -0.427. The summed E-state index contributed by atoms with van der Waals surface area (Å²) in [6.45, 7) is 4.46. The lowest BCUT2D eigenvalue weighted by Gasteiger charge is -2.19. The van der Waals surface area contributed by atoms with Crippen LogP contribution >= 0.6 is 0 Å². The van der Waals surface area contributed by atoms with Gasteiger partial charge in [-0.15, -0.1) is 10.2 Å². The van der Waals surface area contributed by atoms with Crippen LogP contribution in [0.2, 0.25) is 0 Å². The normalized spacial score (nSPS) is 14.0. The highest BCUT2D eigenvalue weighted by Gasteiger charge is 2.20. The third kappa shape index (κ3) is 6.57. The molecule has 1 saturated heterocycles. The van der Waals surface area contributed by atoms with Crippen molar-refractivity contribution >= 4 is 29.0 Å². The Morgan fingerprint density at radius 2 is 2.03 bits per heavy atom. The lowest BCUT2D eigenvalue weighted by atomic mass is 10.1. The van der Waals surface area contributed by atoms with Gasteiger partial charge < -0.3 is 30.9 Å². The van der Waals surface area contributed by atoms with Gasteiger partial charge in [0.25, 0.3) is 5.91 Å². The van der Waals surface area contributed by atoms with Gasteiger partial charge in [-0.05, 0) is 31.6 Å². The van der Waals surface area contributed by atoms with Crippen molar-refractivity contribution in [1.82, 2.24) is 40.5 Å². The Kier molecular flexibility index (Phi) is 8.59. The van der Waals surface area contributed by atoms with E-state index in [4.69, 9.17) is 4.74 Å². The monoisotopic (exact) mass is 508 g/mol. The number of anilines is 3. The second-order valence-electron chi connectivity index (χ2n) is 8.57. The van der Waals surface area contributed by atoms with Crippen LogP contribution in [-0.4, -0.2) is 88.6 Å². The second-order valence-corrected chi connectivity index (χ2v) is 8.57. The number of nitrogens with one attached hydrogen (secondary N) is 4. The number of amides is 2. The van der Waals surface area contributed by atoms with Crippen LogP contribution in [0.1, 0.15) is 23.3 Å². The molecule has 4 rings (SSSR count). The van der Waals surface area contributed by atoms with Gasteiger partial charge in [0.1, 0.15) is 6.33 Å². The first-order valence-electron chi connectivity index (χ1n) is 12.1. The number of carbonyl (C=O) groups is 2. The van der Waals surface area contributed by atoms with Gasteiger partial charge in [0.05, 0.1) is 24.0 Å². The van der Waals surface area contributed by atoms with Crippen LogP contribution in [0.5, 0.6) is 5.75 Å². The highest BCUT2D eigenvalue weighted by Crippen LogP contribution is 2.37. The molecule has 2 aromatic heterocycles. The molecule has 0 radical (unpaired) electrons. The molecule has 0 atom stereocenters. The van der Waals surface area contributed by atoms with Gasteiger partial charge in [0, 0.05) is 46.2 Å². The number of para-hydroxylation sites is 1. The molecule has 37 heavy (non-hydrogen) atoms. The van der Waals surface area contributed by atoms with Crippen molar-refractivity contribution in [1.29, 1.82) is 0 Å². The maximum absolute atomic E-state index is 12.6. The third-order valence-electron chi connectivity index (χ3n) is 5.92. The number of carbonyl (C=O) groups excluding carboxylic acids is 2. The Morgan fingerprint density at radius 3 is 2.78 bits per heavy atom. The first kappa shape index (κ1) is 26.0. The van der Waals surface area contributed by atoms with E-state index >= 15 is 0 Å². The zero-order valence-corrected chi connectivity index (χ0v) is 21.2. The van der Waals surface area contributed by atoms with E-state index in [1.54, 1.807) is 37.3 Å². The van der Waals surface area contributed by atoms with Crippen molar-refractivity contribution in [2.24, 2.45) is 7.05 Å². The van der Waals surface area contributed by atoms with Crippen molar-refractivity contribution in [2.45, 2.75) is 12.8 Å². The molecule has 1 aliphatic rings. The van der Waals surface area contributed by atoms with Crippen LogP contribution in [-0.2, 0) is 11.8 Å². The van der Waals surface area contributed by atoms with Gasteiger partial charge >= 0.3 is 0 Å². The van der Waals surface area contributed by atoms with Crippen LogP contribution < -0.4 is 26.0 Å². The first-order valence-corrected chi connectivity index (χ1v) is 12.1. The van der Waals surface area contributed by atoms with E-state index in [2.05, 4.69) is 46.4 Å². The van der Waals surface area contributed by atoms with Crippen LogP contribution in [0.4, 0.5) is 17.2 Å². The van der Waals surface area contributed by atoms with Crippen LogP contribution in [0.3, 0.4) is 0 Å². The molecule has 1 aromatic carbocycles. The number of methoxy groups -OCH3 is 1. The SMILES string of the molecule is CNC(=O)c1nnc(NC(=O)CCN2CCCNCC2)cc1Nc1cccc(-c2ncn(C)n2)c1OC. The average Bonchev–Trinajstić information content (AvgIpc) is 3.16. The summed E-state index contributed by atoms with van der Waals surface area (Å²) in [6, 6.07) is 7.05. The number of hydrogen-bond acceptors (Lipinski definition) is 10. The summed E-state index contributed by atoms with van der Waals surface area (Å²) < 4.78 is 7.27. The summed E-state index contributed by atoms with van der Waals surface area (Å²) in [5.74, 6) is 0.621. The smallest absolute Gasteiger partial charge is 0.273 e. The predicted octanol–water partition coefficient (Wildman–Crippen LogP) is 1.01. The van der Waals surface area contributed by atoms with Crippen LogP contribution in [0.25, 0.3) is 11.4 Å². The molecular weight excluding hydrogens is 476 g/mol. The topological polar surface area (TPSA) is 151 Å². The van der Waals surface area contributed by atoms with E-state index in [1.165, 1.54) is 7.05 Å². The fraction of sp³-hybridized carbons (Fsp3) is 0.417. The predicted molar refractivity (Wildman–Crippen MR) is 139 cm³/mol. The van der Waals surface area contributed by atoms with E-state index in [9.17, 15) is 9.59 Å². The van der Waals surface area contributed by atoms with Gasteiger partial charge in [0.15, 0.2) is 23.1 Å². The summed E-state index contributed by atoms with van der Waals surface area (Å²) in [5, 5.41) is 24.4. The van der Waals surface area contributed by atoms with Gasteiger partial charge in [-0.2, -0.15) is 5.10 Å². The van der Waals surface area contributed by atoms with E-state index in [1.807, 2.05) is 12.1 Å². The summed E-state index contributed by atoms with van der Waals surface area (Å²) in [5.41, 5.74) is 1.67. The number of rotatable bonds is 9. The molecule has 0 spiro atoms. The maximum atomic E-state index is 12.6.